The molecule has 0 aliphatic rings. The summed E-state index contributed by atoms with van der Waals surface area (Å²) in [6, 6.07) is 10.1. The second-order valence-corrected chi connectivity index (χ2v) is 7.74. The number of anilines is 1. The minimum Gasteiger partial charge on any atom is -0.465 e. The van der Waals surface area contributed by atoms with Crippen LogP contribution in [0, 0.1) is 13.8 Å². The number of thiophene rings is 1. The van der Waals surface area contributed by atoms with Crippen LogP contribution >= 0.6 is 11.3 Å². The predicted molar refractivity (Wildman–Crippen MR) is 114 cm³/mol. The Morgan fingerprint density at radius 2 is 1.97 bits per heavy atom. The summed E-state index contributed by atoms with van der Waals surface area (Å²) in [7, 11) is 3.30. The van der Waals surface area contributed by atoms with Crippen LogP contribution < -0.4 is 5.32 Å². The second-order valence-electron chi connectivity index (χ2n) is 6.74. The summed E-state index contributed by atoms with van der Waals surface area (Å²) in [6.07, 6.45) is 2.00. The number of hydrogen-bond acceptors (Lipinski definition) is 7. The van der Waals surface area contributed by atoms with Gasteiger partial charge in [0, 0.05) is 30.9 Å². The molecule has 0 atom stereocenters. The smallest absolute Gasteiger partial charge is 0.348 e. The van der Waals surface area contributed by atoms with Crippen molar-refractivity contribution in [1.29, 1.82) is 0 Å². The lowest BCUT2D eigenvalue weighted by molar-refractivity contribution is 0.0605. The number of fused-ring (bicyclic) bond motifs is 1. The van der Waals surface area contributed by atoms with Gasteiger partial charge in [0.25, 0.3) is 0 Å². The average Bonchev–Trinajstić information content (AvgIpc) is 3.26. The van der Waals surface area contributed by atoms with E-state index in [2.05, 4.69) is 20.4 Å². The van der Waals surface area contributed by atoms with Gasteiger partial charge in [-0.1, -0.05) is 30.3 Å². The molecule has 0 aliphatic carbocycles. The van der Waals surface area contributed by atoms with Gasteiger partial charge in [0.15, 0.2) is 0 Å². The highest BCUT2D eigenvalue weighted by molar-refractivity contribution is 7.20. The van der Waals surface area contributed by atoms with Gasteiger partial charge in [-0.2, -0.15) is 5.10 Å². The average molecular weight is 407 g/mol. The molecule has 0 unspecified atom stereocenters. The Hall–Kier alpha value is -3.26. The third-order valence-corrected chi connectivity index (χ3v) is 5.84. The van der Waals surface area contributed by atoms with Crippen LogP contribution in [0.1, 0.15) is 26.6 Å². The Kier molecular flexibility index (Phi) is 5.02. The van der Waals surface area contributed by atoms with E-state index in [1.54, 1.807) is 0 Å². The largest absolute Gasteiger partial charge is 0.465 e. The van der Waals surface area contributed by atoms with Crippen LogP contribution in [0.15, 0.2) is 36.5 Å². The van der Waals surface area contributed by atoms with E-state index in [0.29, 0.717) is 23.1 Å². The van der Waals surface area contributed by atoms with Crippen molar-refractivity contribution in [2.75, 3.05) is 12.4 Å². The Morgan fingerprint density at radius 3 is 2.69 bits per heavy atom. The van der Waals surface area contributed by atoms with E-state index in [9.17, 15) is 4.79 Å². The fourth-order valence-electron chi connectivity index (χ4n) is 3.35. The highest BCUT2D eigenvalue weighted by Gasteiger charge is 2.21. The van der Waals surface area contributed by atoms with Gasteiger partial charge in [0.05, 0.1) is 18.2 Å². The summed E-state index contributed by atoms with van der Waals surface area (Å²) < 4.78 is 6.72. The molecule has 1 N–H and O–H groups in total. The number of hydrogen-bond donors (Lipinski definition) is 1. The van der Waals surface area contributed by atoms with E-state index in [-0.39, 0.29) is 5.97 Å². The minimum absolute atomic E-state index is 0.354. The zero-order valence-electron chi connectivity index (χ0n) is 16.7. The van der Waals surface area contributed by atoms with E-state index < -0.39 is 0 Å². The van der Waals surface area contributed by atoms with E-state index in [1.165, 1.54) is 18.4 Å². The number of rotatable bonds is 5. The van der Waals surface area contributed by atoms with Crippen LogP contribution in [0.2, 0.25) is 0 Å². The molecule has 29 heavy (non-hydrogen) atoms. The predicted octanol–water partition coefficient (Wildman–Crippen LogP) is 4.11. The maximum absolute atomic E-state index is 12.1. The number of aromatic nitrogens is 4. The molecule has 148 valence electrons. The lowest BCUT2D eigenvalue weighted by Crippen LogP contribution is -2.05. The first-order valence-electron chi connectivity index (χ1n) is 9.15. The van der Waals surface area contributed by atoms with Crippen LogP contribution in [-0.4, -0.2) is 32.8 Å². The van der Waals surface area contributed by atoms with Crippen molar-refractivity contribution in [3.05, 3.63) is 58.4 Å². The van der Waals surface area contributed by atoms with Gasteiger partial charge in [-0.15, -0.1) is 11.3 Å². The molecule has 0 fully saturated rings. The number of methoxy groups -OCH3 is 1. The zero-order chi connectivity index (χ0) is 20.5. The molecular weight excluding hydrogens is 386 g/mol. The number of nitrogens with one attached hydrogen (secondary N) is 1. The normalized spacial score (nSPS) is 11.0. The lowest BCUT2D eigenvalue weighted by atomic mass is 10.1. The van der Waals surface area contributed by atoms with Gasteiger partial charge in [-0.25, -0.2) is 14.8 Å². The van der Waals surface area contributed by atoms with Crippen molar-refractivity contribution in [3.63, 3.8) is 0 Å². The standard InChI is InChI=1S/C21H21N5O2S/c1-12-16-19(23-13(2)24-20(16)29-18(12)21(27)28-4)22-10-15-11-26(3)25-17(15)14-8-6-5-7-9-14/h5-9,11H,10H2,1-4H3,(H,22,23,24). The van der Waals surface area contributed by atoms with Crippen molar-refractivity contribution in [2.24, 2.45) is 7.05 Å². The quantitative estimate of drug-likeness (QED) is 0.502. The topological polar surface area (TPSA) is 81.9 Å². The van der Waals surface area contributed by atoms with Crippen molar-refractivity contribution in [2.45, 2.75) is 20.4 Å². The third kappa shape index (κ3) is 3.58. The molecule has 0 aliphatic heterocycles. The summed E-state index contributed by atoms with van der Waals surface area (Å²) in [4.78, 5) is 22.5. The molecule has 0 spiro atoms. The Balaban J connectivity index is 1.71. The van der Waals surface area contributed by atoms with Gasteiger partial charge >= 0.3 is 5.97 Å². The summed E-state index contributed by atoms with van der Waals surface area (Å²) >= 11 is 1.33. The maximum Gasteiger partial charge on any atom is 0.348 e. The number of nitrogens with zero attached hydrogens (tertiary/aromatic N) is 4. The minimum atomic E-state index is -0.354. The molecule has 1 aromatic carbocycles. The number of esters is 1. The number of ether oxygens (including phenoxy) is 1. The first-order valence-corrected chi connectivity index (χ1v) is 9.97. The monoisotopic (exact) mass is 407 g/mol. The van der Waals surface area contributed by atoms with E-state index in [1.807, 2.05) is 62.1 Å². The van der Waals surface area contributed by atoms with Crippen molar-refractivity contribution < 1.29 is 9.53 Å². The maximum atomic E-state index is 12.1. The molecule has 0 radical (unpaired) electrons. The molecule has 3 heterocycles. The molecule has 7 nitrogen and oxygen atoms in total. The molecular formula is C21H21N5O2S. The zero-order valence-corrected chi connectivity index (χ0v) is 17.5. The molecule has 8 heteroatoms. The molecule has 0 saturated carbocycles. The third-order valence-electron chi connectivity index (χ3n) is 4.67. The van der Waals surface area contributed by atoms with E-state index in [0.717, 1.165) is 32.6 Å². The van der Waals surface area contributed by atoms with Gasteiger partial charge < -0.3 is 10.1 Å². The summed E-state index contributed by atoms with van der Waals surface area (Å²) in [5.74, 6) is 0.999. The van der Waals surface area contributed by atoms with Crippen LogP contribution in [0.4, 0.5) is 5.82 Å². The highest BCUT2D eigenvalue weighted by Crippen LogP contribution is 2.34. The molecule has 4 rings (SSSR count). The lowest BCUT2D eigenvalue weighted by Gasteiger charge is -2.09. The van der Waals surface area contributed by atoms with Crippen molar-refractivity contribution in [3.8, 4) is 11.3 Å². The second kappa shape index (κ2) is 7.63. The Labute approximate surface area is 172 Å². The van der Waals surface area contributed by atoms with Gasteiger partial charge in [0.1, 0.15) is 21.3 Å². The number of benzene rings is 1. The number of carbonyl (C=O) groups excluding carboxylic acids is 1. The van der Waals surface area contributed by atoms with Crippen LogP contribution in [0.3, 0.4) is 0 Å². The molecule has 0 bridgehead atoms. The molecule has 0 amide bonds. The van der Waals surface area contributed by atoms with Crippen LogP contribution in [0.25, 0.3) is 21.5 Å². The van der Waals surface area contributed by atoms with E-state index in [4.69, 9.17) is 4.74 Å². The van der Waals surface area contributed by atoms with Gasteiger partial charge in [-0.05, 0) is 19.4 Å². The summed E-state index contributed by atoms with van der Waals surface area (Å²) in [5.41, 5.74) is 3.88. The number of carbonyl (C=O) groups is 1. The Morgan fingerprint density at radius 1 is 1.21 bits per heavy atom. The number of aryl methyl sites for hydroxylation is 3. The SMILES string of the molecule is COC(=O)c1sc2nc(C)nc(NCc3cn(C)nc3-c3ccccc3)c2c1C. The molecule has 3 aromatic heterocycles. The van der Waals surface area contributed by atoms with Crippen molar-refractivity contribution in [1.82, 2.24) is 19.7 Å². The summed E-state index contributed by atoms with van der Waals surface area (Å²) in [5, 5.41) is 8.90. The van der Waals surface area contributed by atoms with E-state index >= 15 is 0 Å². The first kappa shape index (κ1) is 19.1. The van der Waals surface area contributed by atoms with Crippen LogP contribution in [0.5, 0.6) is 0 Å². The van der Waals surface area contributed by atoms with Gasteiger partial charge in [0.2, 0.25) is 0 Å². The van der Waals surface area contributed by atoms with Crippen LogP contribution in [-0.2, 0) is 18.3 Å². The highest BCUT2D eigenvalue weighted by atomic mass is 32.1. The molecule has 4 aromatic rings. The van der Waals surface area contributed by atoms with Crippen molar-refractivity contribution >= 4 is 33.3 Å². The summed E-state index contributed by atoms with van der Waals surface area (Å²) in [6.45, 7) is 4.29. The van der Waals surface area contributed by atoms with Gasteiger partial charge in [-0.3, -0.25) is 4.68 Å². The molecule has 0 saturated heterocycles. The first-order chi connectivity index (χ1) is 14.0. The Bertz CT molecular complexity index is 1200. The fraction of sp³-hybridized carbons (Fsp3) is 0.238. The fourth-order valence-corrected chi connectivity index (χ4v) is 4.49.